The van der Waals surface area contributed by atoms with Gasteiger partial charge in [0.1, 0.15) is 0 Å². The monoisotopic (exact) mass is 457 g/mol. The number of para-hydroxylation sites is 1. The van der Waals surface area contributed by atoms with E-state index in [0.29, 0.717) is 28.2 Å². The molecule has 1 saturated heterocycles. The minimum atomic E-state index is -3.08. The lowest BCUT2D eigenvalue weighted by atomic mass is 10.2. The van der Waals surface area contributed by atoms with Crippen LogP contribution in [0, 0.1) is 6.92 Å². The van der Waals surface area contributed by atoms with E-state index in [0.717, 1.165) is 5.56 Å². The van der Waals surface area contributed by atoms with Crippen LogP contribution in [-0.2, 0) is 14.6 Å². The van der Waals surface area contributed by atoms with Gasteiger partial charge in [0.15, 0.2) is 15.0 Å². The zero-order valence-corrected chi connectivity index (χ0v) is 18.9. The van der Waals surface area contributed by atoms with Gasteiger partial charge in [0.25, 0.3) is 5.56 Å². The smallest absolute Gasteiger partial charge is 0.266 e. The number of benzene rings is 2. The van der Waals surface area contributed by atoms with Gasteiger partial charge in [-0.15, -0.1) is 0 Å². The summed E-state index contributed by atoms with van der Waals surface area (Å²) < 4.78 is 25.0. The Labute approximate surface area is 185 Å². The Bertz CT molecular complexity index is 1300. The van der Waals surface area contributed by atoms with Crippen LogP contribution in [0.2, 0.25) is 0 Å². The van der Waals surface area contributed by atoms with E-state index in [1.54, 1.807) is 25.2 Å². The fourth-order valence-electron chi connectivity index (χ4n) is 3.64. The van der Waals surface area contributed by atoms with E-state index in [1.807, 2.05) is 37.3 Å². The number of aryl methyl sites for hydroxylation is 1. The van der Waals surface area contributed by atoms with Crippen LogP contribution in [0.4, 0.5) is 0 Å². The molecule has 0 aliphatic carbocycles. The third-order valence-corrected chi connectivity index (χ3v) is 8.19. The summed E-state index contributed by atoms with van der Waals surface area (Å²) in [5, 5.41) is 0.931. The minimum Gasteiger partial charge on any atom is -0.341 e. The molecule has 3 aromatic rings. The van der Waals surface area contributed by atoms with Gasteiger partial charge in [0.05, 0.1) is 33.8 Å². The summed E-state index contributed by atoms with van der Waals surface area (Å²) >= 11 is 1.18. The first-order chi connectivity index (χ1) is 14.7. The SMILES string of the molecule is Cc1ccc(-n2c(SCC(=O)N(C)[C@@H]3CCS(=O)(=O)C3)nc3ccccc3c2=O)cc1. The Morgan fingerprint density at radius 2 is 1.90 bits per heavy atom. The van der Waals surface area contributed by atoms with Gasteiger partial charge in [-0.1, -0.05) is 41.6 Å². The highest BCUT2D eigenvalue weighted by Crippen LogP contribution is 2.23. The summed E-state index contributed by atoms with van der Waals surface area (Å²) in [5.41, 5.74) is 2.13. The standard InChI is InChI=1S/C22H23N3O4S2/c1-15-7-9-16(10-8-15)25-21(27)18-5-3-4-6-19(18)23-22(25)30-13-20(26)24(2)17-11-12-31(28,29)14-17/h3-10,17H,11-14H2,1-2H3/t17-/m1/s1. The molecule has 0 bridgehead atoms. The number of nitrogens with zero attached hydrogens (tertiary/aromatic N) is 3. The maximum Gasteiger partial charge on any atom is 0.266 e. The molecule has 7 nitrogen and oxygen atoms in total. The van der Waals surface area contributed by atoms with E-state index in [2.05, 4.69) is 4.98 Å². The average Bonchev–Trinajstić information content (AvgIpc) is 3.12. The van der Waals surface area contributed by atoms with Crippen LogP contribution in [0.25, 0.3) is 16.6 Å². The number of fused-ring (bicyclic) bond motifs is 1. The van der Waals surface area contributed by atoms with Crippen LogP contribution in [0.1, 0.15) is 12.0 Å². The second-order valence-corrected chi connectivity index (χ2v) is 10.9. The van der Waals surface area contributed by atoms with E-state index < -0.39 is 9.84 Å². The number of hydrogen-bond donors (Lipinski definition) is 0. The van der Waals surface area contributed by atoms with Gasteiger partial charge in [0.2, 0.25) is 5.91 Å². The van der Waals surface area contributed by atoms with Crippen molar-refractivity contribution in [1.82, 2.24) is 14.5 Å². The Morgan fingerprint density at radius 1 is 1.19 bits per heavy atom. The maximum absolute atomic E-state index is 13.2. The molecule has 0 N–H and O–H groups in total. The van der Waals surface area contributed by atoms with E-state index in [9.17, 15) is 18.0 Å². The number of carbonyl (C=O) groups excluding carboxylic acids is 1. The van der Waals surface area contributed by atoms with Gasteiger partial charge in [-0.3, -0.25) is 14.2 Å². The van der Waals surface area contributed by atoms with Gasteiger partial charge >= 0.3 is 0 Å². The minimum absolute atomic E-state index is 0.00219. The number of amides is 1. The van der Waals surface area contributed by atoms with Crippen molar-refractivity contribution < 1.29 is 13.2 Å². The largest absolute Gasteiger partial charge is 0.341 e. The molecule has 0 saturated carbocycles. The van der Waals surface area contributed by atoms with Crippen LogP contribution < -0.4 is 5.56 Å². The molecule has 0 radical (unpaired) electrons. The first-order valence-corrected chi connectivity index (χ1v) is 12.7. The van der Waals surface area contributed by atoms with Crippen LogP contribution >= 0.6 is 11.8 Å². The number of hydrogen-bond acceptors (Lipinski definition) is 6. The van der Waals surface area contributed by atoms with Crippen molar-refractivity contribution in [3.63, 3.8) is 0 Å². The molecule has 1 atom stereocenters. The maximum atomic E-state index is 13.2. The lowest BCUT2D eigenvalue weighted by molar-refractivity contribution is -0.128. The van der Waals surface area contributed by atoms with Crippen LogP contribution in [0.3, 0.4) is 0 Å². The summed E-state index contributed by atoms with van der Waals surface area (Å²) in [4.78, 5) is 32.1. The highest BCUT2D eigenvalue weighted by molar-refractivity contribution is 7.99. The number of aromatic nitrogens is 2. The van der Waals surface area contributed by atoms with Crippen molar-refractivity contribution in [3.8, 4) is 5.69 Å². The Kier molecular flexibility index (Phi) is 5.90. The molecule has 1 fully saturated rings. The number of sulfone groups is 1. The lowest BCUT2D eigenvalue weighted by Crippen LogP contribution is -2.39. The van der Waals surface area contributed by atoms with Crippen molar-refractivity contribution in [1.29, 1.82) is 0 Å². The van der Waals surface area contributed by atoms with E-state index in [4.69, 9.17) is 0 Å². The molecule has 0 spiro atoms. The Balaban J connectivity index is 1.65. The molecule has 2 aromatic carbocycles. The summed E-state index contributed by atoms with van der Waals surface area (Å²) in [6.45, 7) is 1.97. The summed E-state index contributed by atoms with van der Waals surface area (Å²) in [5.74, 6) is -0.0157. The highest BCUT2D eigenvalue weighted by Gasteiger charge is 2.32. The predicted octanol–water partition coefficient (Wildman–Crippen LogP) is 2.43. The van der Waals surface area contributed by atoms with Gasteiger partial charge in [-0.05, 0) is 37.6 Å². The Hall–Kier alpha value is -2.65. The van der Waals surface area contributed by atoms with Crippen LogP contribution in [0.15, 0.2) is 58.5 Å². The zero-order valence-electron chi connectivity index (χ0n) is 17.3. The molecule has 0 unspecified atom stereocenters. The number of carbonyl (C=O) groups is 1. The summed E-state index contributed by atoms with van der Waals surface area (Å²) in [6.07, 6.45) is 0.456. The molecule has 9 heteroatoms. The second-order valence-electron chi connectivity index (χ2n) is 7.74. The molecule has 1 amide bonds. The average molecular weight is 458 g/mol. The van der Waals surface area contributed by atoms with E-state index >= 15 is 0 Å². The van der Waals surface area contributed by atoms with Crippen molar-refractivity contribution in [2.24, 2.45) is 0 Å². The van der Waals surface area contributed by atoms with Gasteiger partial charge in [0, 0.05) is 13.1 Å². The van der Waals surface area contributed by atoms with Gasteiger partial charge in [-0.2, -0.15) is 0 Å². The number of thioether (sulfide) groups is 1. The molecule has 1 aromatic heterocycles. The summed E-state index contributed by atoms with van der Waals surface area (Å²) in [6, 6.07) is 14.4. The fourth-order valence-corrected chi connectivity index (χ4v) is 6.35. The number of rotatable bonds is 5. The molecule has 4 rings (SSSR count). The molecular formula is C22H23N3O4S2. The quantitative estimate of drug-likeness (QED) is 0.432. The van der Waals surface area contributed by atoms with Crippen molar-refractivity contribution in [3.05, 3.63) is 64.4 Å². The summed E-state index contributed by atoms with van der Waals surface area (Å²) in [7, 11) is -1.44. The first kappa shape index (κ1) is 21.6. The first-order valence-electron chi connectivity index (χ1n) is 9.93. The third-order valence-electron chi connectivity index (χ3n) is 5.51. The molecule has 1 aliphatic heterocycles. The molecular weight excluding hydrogens is 434 g/mol. The molecule has 31 heavy (non-hydrogen) atoms. The predicted molar refractivity (Wildman–Crippen MR) is 123 cm³/mol. The molecule has 1 aliphatic rings. The Morgan fingerprint density at radius 3 is 2.58 bits per heavy atom. The topological polar surface area (TPSA) is 89.3 Å². The van der Waals surface area contributed by atoms with Crippen LogP contribution in [-0.4, -0.2) is 59.1 Å². The van der Waals surface area contributed by atoms with E-state index in [-0.39, 0.29) is 34.8 Å². The van der Waals surface area contributed by atoms with Crippen LogP contribution in [0.5, 0.6) is 0 Å². The van der Waals surface area contributed by atoms with Gasteiger partial charge in [-0.25, -0.2) is 13.4 Å². The van der Waals surface area contributed by atoms with Crippen molar-refractivity contribution in [2.45, 2.75) is 24.5 Å². The molecule has 2 heterocycles. The highest BCUT2D eigenvalue weighted by atomic mass is 32.2. The normalized spacial score (nSPS) is 17.7. The van der Waals surface area contributed by atoms with Crippen molar-refractivity contribution >= 4 is 38.4 Å². The fraction of sp³-hybridized carbons (Fsp3) is 0.318. The van der Waals surface area contributed by atoms with Gasteiger partial charge < -0.3 is 4.90 Å². The van der Waals surface area contributed by atoms with E-state index in [1.165, 1.54) is 21.2 Å². The second kappa shape index (κ2) is 8.47. The lowest BCUT2D eigenvalue weighted by Gasteiger charge is -2.23. The third kappa shape index (κ3) is 4.52. The zero-order chi connectivity index (χ0) is 22.2. The molecule has 162 valence electrons. The van der Waals surface area contributed by atoms with Crippen molar-refractivity contribution in [2.75, 3.05) is 24.3 Å².